The van der Waals surface area contributed by atoms with Crippen molar-refractivity contribution in [3.63, 3.8) is 0 Å². The van der Waals surface area contributed by atoms with E-state index in [1.165, 1.54) is 12.1 Å². The molecule has 0 radical (unpaired) electrons. The van der Waals surface area contributed by atoms with Crippen LogP contribution >= 0.6 is 0 Å². The number of methoxy groups -OCH3 is 1. The van der Waals surface area contributed by atoms with Crippen molar-refractivity contribution in [1.29, 1.82) is 0 Å². The van der Waals surface area contributed by atoms with Gasteiger partial charge in [0, 0.05) is 6.20 Å². The van der Waals surface area contributed by atoms with E-state index in [4.69, 9.17) is 0 Å². The Hall–Kier alpha value is -1.63. The Morgan fingerprint density at radius 2 is 2.06 bits per heavy atom. The second kappa shape index (κ2) is 4.09. The van der Waals surface area contributed by atoms with E-state index < -0.39 is 23.4 Å². The molecular formula is C9H8F3NO3. The van der Waals surface area contributed by atoms with Gasteiger partial charge in [-0.15, -0.1) is 0 Å². The molecule has 1 rings (SSSR count). The van der Waals surface area contributed by atoms with Gasteiger partial charge in [0.15, 0.2) is 0 Å². The van der Waals surface area contributed by atoms with Gasteiger partial charge in [-0.25, -0.2) is 4.79 Å². The number of esters is 1. The number of hydrogen-bond acceptors (Lipinski definition) is 4. The molecule has 0 fully saturated rings. The van der Waals surface area contributed by atoms with Crippen molar-refractivity contribution < 1.29 is 27.8 Å². The summed E-state index contributed by atoms with van der Waals surface area (Å²) in [6, 6.07) is 3.48. The van der Waals surface area contributed by atoms with Crippen molar-refractivity contribution >= 4 is 5.97 Å². The number of aliphatic hydroxyl groups is 1. The maximum atomic E-state index is 12.6. The molecule has 7 heteroatoms. The van der Waals surface area contributed by atoms with Crippen LogP contribution in [0.1, 0.15) is 5.69 Å². The lowest BCUT2D eigenvalue weighted by molar-refractivity contribution is -0.268. The van der Waals surface area contributed by atoms with Gasteiger partial charge in [-0.05, 0) is 12.1 Å². The highest BCUT2D eigenvalue weighted by molar-refractivity contribution is 5.81. The number of alkyl halides is 3. The molecule has 0 saturated carbocycles. The number of ether oxygens (including phenoxy) is 1. The van der Waals surface area contributed by atoms with Gasteiger partial charge in [0.1, 0.15) is 0 Å². The predicted molar refractivity (Wildman–Crippen MR) is 46.2 cm³/mol. The van der Waals surface area contributed by atoms with Crippen LogP contribution < -0.4 is 0 Å². The van der Waals surface area contributed by atoms with Gasteiger partial charge >= 0.3 is 17.7 Å². The maximum Gasteiger partial charge on any atom is 0.434 e. The molecule has 88 valence electrons. The van der Waals surface area contributed by atoms with Crippen LogP contribution in [-0.2, 0) is 15.1 Å². The number of hydrogen-bond donors (Lipinski definition) is 1. The second-order valence-electron chi connectivity index (χ2n) is 2.91. The summed E-state index contributed by atoms with van der Waals surface area (Å²) in [4.78, 5) is 14.4. The third-order valence-corrected chi connectivity index (χ3v) is 1.93. The summed E-state index contributed by atoms with van der Waals surface area (Å²) in [6.07, 6.45) is -4.16. The molecule has 0 aliphatic rings. The fourth-order valence-corrected chi connectivity index (χ4v) is 1.09. The van der Waals surface area contributed by atoms with Crippen LogP contribution in [0.2, 0.25) is 0 Å². The second-order valence-corrected chi connectivity index (χ2v) is 2.91. The van der Waals surface area contributed by atoms with Gasteiger partial charge in [-0.3, -0.25) is 4.98 Å². The van der Waals surface area contributed by atoms with Crippen LogP contribution in [0.25, 0.3) is 0 Å². The summed E-state index contributed by atoms with van der Waals surface area (Å²) in [5, 5.41) is 9.43. The first kappa shape index (κ1) is 12.4. The molecule has 1 atom stereocenters. The van der Waals surface area contributed by atoms with E-state index >= 15 is 0 Å². The van der Waals surface area contributed by atoms with Crippen LogP contribution in [0, 0.1) is 0 Å². The molecule has 0 aliphatic heterocycles. The molecule has 0 amide bonds. The molecule has 0 aromatic carbocycles. The molecule has 1 aromatic rings. The molecule has 1 heterocycles. The molecular weight excluding hydrogens is 227 g/mol. The quantitative estimate of drug-likeness (QED) is 0.777. The third kappa shape index (κ3) is 1.85. The van der Waals surface area contributed by atoms with Gasteiger partial charge in [0.25, 0.3) is 0 Å². The van der Waals surface area contributed by atoms with Gasteiger partial charge < -0.3 is 9.84 Å². The van der Waals surface area contributed by atoms with Crippen molar-refractivity contribution in [2.75, 3.05) is 7.11 Å². The summed E-state index contributed by atoms with van der Waals surface area (Å²) < 4.78 is 41.9. The summed E-state index contributed by atoms with van der Waals surface area (Å²) in [5.41, 5.74) is -4.56. The van der Waals surface area contributed by atoms with E-state index in [0.717, 1.165) is 19.4 Å². The number of carbonyl (C=O) groups is 1. The Labute approximate surface area is 88.7 Å². The highest BCUT2D eigenvalue weighted by Crippen LogP contribution is 2.38. The van der Waals surface area contributed by atoms with Crippen LogP contribution in [0.15, 0.2) is 24.4 Å². The smallest absolute Gasteiger partial charge is 0.434 e. The first-order valence-electron chi connectivity index (χ1n) is 4.13. The predicted octanol–water partition coefficient (Wildman–Crippen LogP) is 1.00. The van der Waals surface area contributed by atoms with E-state index in [-0.39, 0.29) is 0 Å². The monoisotopic (exact) mass is 235 g/mol. The fourth-order valence-electron chi connectivity index (χ4n) is 1.09. The number of halogens is 3. The van der Waals surface area contributed by atoms with E-state index in [1.807, 2.05) is 0 Å². The number of rotatable bonds is 2. The van der Waals surface area contributed by atoms with Crippen molar-refractivity contribution in [3.05, 3.63) is 30.1 Å². The Morgan fingerprint density at radius 1 is 1.44 bits per heavy atom. The summed E-state index contributed by atoms with van der Waals surface area (Å²) in [5.74, 6) is -1.82. The molecule has 0 bridgehead atoms. The lowest BCUT2D eigenvalue weighted by atomic mass is 9.98. The van der Waals surface area contributed by atoms with Crippen molar-refractivity contribution in [2.24, 2.45) is 0 Å². The number of nitrogens with zero attached hydrogens (tertiary/aromatic N) is 1. The average molecular weight is 235 g/mol. The van der Waals surface area contributed by atoms with Crippen LogP contribution in [0.4, 0.5) is 13.2 Å². The lowest BCUT2D eigenvalue weighted by Crippen LogP contribution is -2.50. The van der Waals surface area contributed by atoms with Crippen LogP contribution in [-0.4, -0.2) is 29.3 Å². The first-order valence-corrected chi connectivity index (χ1v) is 4.13. The number of aromatic nitrogens is 1. The highest BCUT2D eigenvalue weighted by Gasteiger charge is 2.63. The van der Waals surface area contributed by atoms with Gasteiger partial charge in [0.05, 0.1) is 12.8 Å². The summed E-state index contributed by atoms with van der Waals surface area (Å²) in [6.45, 7) is 0. The normalized spacial score (nSPS) is 15.3. The number of carbonyl (C=O) groups excluding carboxylic acids is 1. The van der Waals surface area contributed by atoms with Crippen molar-refractivity contribution in [2.45, 2.75) is 11.8 Å². The molecule has 1 N–H and O–H groups in total. The molecule has 0 spiro atoms. The highest BCUT2D eigenvalue weighted by atomic mass is 19.4. The van der Waals surface area contributed by atoms with Crippen LogP contribution in [0.3, 0.4) is 0 Å². The summed E-state index contributed by atoms with van der Waals surface area (Å²) in [7, 11) is 0.752. The van der Waals surface area contributed by atoms with Crippen molar-refractivity contribution in [1.82, 2.24) is 4.98 Å². The zero-order chi connectivity index (χ0) is 12.4. The van der Waals surface area contributed by atoms with E-state index in [1.54, 1.807) is 0 Å². The van der Waals surface area contributed by atoms with E-state index in [9.17, 15) is 23.1 Å². The van der Waals surface area contributed by atoms with Gasteiger partial charge in [0.2, 0.25) is 0 Å². The molecule has 16 heavy (non-hydrogen) atoms. The molecule has 0 saturated heterocycles. The zero-order valence-electron chi connectivity index (χ0n) is 8.15. The van der Waals surface area contributed by atoms with Crippen molar-refractivity contribution in [3.8, 4) is 0 Å². The lowest BCUT2D eigenvalue weighted by Gasteiger charge is -2.26. The topological polar surface area (TPSA) is 59.4 Å². The van der Waals surface area contributed by atoms with Gasteiger partial charge in [-0.2, -0.15) is 13.2 Å². The summed E-state index contributed by atoms with van der Waals surface area (Å²) >= 11 is 0. The third-order valence-electron chi connectivity index (χ3n) is 1.93. The number of pyridine rings is 1. The Kier molecular flexibility index (Phi) is 3.18. The minimum atomic E-state index is -5.20. The van der Waals surface area contributed by atoms with E-state index in [2.05, 4.69) is 9.72 Å². The van der Waals surface area contributed by atoms with Crippen LogP contribution in [0.5, 0.6) is 0 Å². The standard InChI is InChI=1S/C9H8F3NO3/c1-16-7(14)8(15,9(10,11)12)6-4-2-3-5-13-6/h2-5,15H,1H3. The minimum Gasteiger partial charge on any atom is -0.466 e. The Balaban J connectivity index is 3.32. The Bertz CT molecular complexity index is 379. The minimum absolute atomic E-state index is 0.752. The average Bonchev–Trinajstić information content (AvgIpc) is 2.26. The first-order chi connectivity index (χ1) is 7.34. The SMILES string of the molecule is COC(=O)C(O)(c1ccccn1)C(F)(F)F. The molecule has 4 nitrogen and oxygen atoms in total. The largest absolute Gasteiger partial charge is 0.466 e. The fraction of sp³-hybridized carbons (Fsp3) is 0.333. The van der Waals surface area contributed by atoms with E-state index in [0.29, 0.717) is 0 Å². The molecule has 1 aromatic heterocycles. The zero-order valence-corrected chi connectivity index (χ0v) is 8.15. The Morgan fingerprint density at radius 3 is 2.44 bits per heavy atom. The molecule has 1 unspecified atom stereocenters. The maximum absolute atomic E-state index is 12.6. The molecule has 0 aliphatic carbocycles. The van der Waals surface area contributed by atoms with Gasteiger partial charge in [-0.1, -0.05) is 6.07 Å².